The van der Waals surface area contributed by atoms with Gasteiger partial charge in [-0.05, 0) is 37.1 Å². The Hall–Kier alpha value is -2.30. The van der Waals surface area contributed by atoms with Crippen molar-refractivity contribution in [1.29, 1.82) is 0 Å². The van der Waals surface area contributed by atoms with Gasteiger partial charge >= 0.3 is 0 Å². The number of ether oxygens (including phenoxy) is 1. The molecule has 5 heteroatoms. The first-order valence-electron chi connectivity index (χ1n) is 6.16. The fourth-order valence-corrected chi connectivity index (χ4v) is 1.98. The minimum Gasteiger partial charge on any atom is -0.496 e. The molecule has 0 aliphatic rings. The van der Waals surface area contributed by atoms with Gasteiger partial charge in [-0.3, -0.25) is 0 Å². The van der Waals surface area contributed by atoms with Crippen molar-refractivity contribution in [3.8, 4) is 5.75 Å². The summed E-state index contributed by atoms with van der Waals surface area (Å²) < 4.78 is 5.24. The highest BCUT2D eigenvalue weighted by molar-refractivity contribution is 5.65. The lowest BCUT2D eigenvalue weighted by Crippen LogP contribution is -2.04. The van der Waals surface area contributed by atoms with Crippen LogP contribution in [-0.2, 0) is 6.42 Å². The third-order valence-corrected chi connectivity index (χ3v) is 2.99. The minimum absolute atomic E-state index is 0.519. The lowest BCUT2D eigenvalue weighted by molar-refractivity contribution is 0.412. The molecule has 0 saturated carbocycles. The van der Waals surface area contributed by atoms with Crippen molar-refractivity contribution in [1.82, 2.24) is 9.97 Å². The number of methoxy groups -OCH3 is 1. The Labute approximate surface area is 112 Å². The van der Waals surface area contributed by atoms with Crippen LogP contribution < -0.4 is 15.8 Å². The first kappa shape index (κ1) is 13.1. The summed E-state index contributed by atoms with van der Waals surface area (Å²) in [6.45, 7) is 4.03. The maximum absolute atomic E-state index is 5.85. The number of hydrogen-bond acceptors (Lipinski definition) is 5. The highest BCUT2D eigenvalue weighted by Crippen LogP contribution is 2.26. The van der Waals surface area contributed by atoms with Crippen LogP contribution in [-0.4, -0.2) is 17.1 Å². The first-order valence-corrected chi connectivity index (χ1v) is 6.16. The van der Waals surface area contributed by atoms with Crippen LogP contribution in [0.2, 0.25) is 0 Å². The van der Waals surface area contributed by atoms with Gasteiger partial charge in [-0.25, -0.2) is 9.97 Å². The molecule has 0 atom stereocenters. The summed E-state index contributed by atoms with van der Waals surface area (Å²) in [4.78, 5) is 8.25. The molecule has 5 nitrogen and oxygen atoms in total. The topological polar surface area (TPSA) is 73.1 Å². The van der Waals surface area contributed by atoms with Crippen molar-refractivity contribution < 1.29 is 4.74 Å². The third-order valence-electron chi connectivity index (χ3n) is 2.99. The normalized spacial score (nSPS) is 10.3. The van der Waals surface area contributed by atoms with Crippen molar-refractivity contribution in [2.24, 2.45) is 0 Å². The Morgan fingerprint density at radius 2 is 2.11 bits per heavy atom. The van der Waals surface area contributed by atoms with Gasteiger partial charge in [0.2, 0.25) is 0 Å². The Morgan fingerprint density at radius 3 is 2.74 bits per heavy atom. The zero-order valence-corrected chi connectivity index (χ0v) is 11.4. The Balaban J connectivity index is 2.31. The van der Waals surface area contributed by atoms with E-state index in [-0.39, 0.29) is 0 Å². The summed E-state index contributed by atoms with van der Waals surface area (Å²) in [5.41, 5.74) is 8.79. The van der Waals surface area contributed by atoms with E-state index in [1.807, 2.05) is 32.0 Å². The molecule has 2 rings (SSSR count). The van der Waals surface area contributed by atoms with E-state index >= 15 is 0 Å². The highest BCUT2D eigenvalue weighted by Gasteiger charge is 2.08. The number of nitrogens with two attached hydrogens (primary N) is 1. The van der Waals surface area contributed by atoms with Gasteiger partial charge in [0, 0.05) is 11.3 Å². The van der Waals surface area contributed by atoms with Crippen molar-refractivity contribution in [3.63, 3.8) is 0 Å². The zero-order chi connectivity index (χ0) is 13.8. The molecule has 0 unspecified atom stereocenters. The SMILES string of the molecule is CCc1c(N)ncnc1Nc1ccc(OC)c(C)c1. The smallest absolute Gasteiger partial charge is 0.139 e. The zero-order valence-electron chi connectivity index (χ0n) is 11.4. The van der Waals surface area contributed by atoms with E-state index in [4.69, 9.17) is 10.5 Å². The van der Waals surface area contributed by atoms with E-state index in [9.17, 15) is 0 Å². The van der Waals surface area contributed by atoms with Gasteiger partial charge in [0.15, 0.2) is 0 Å². The molecule has 0 amide bonds. The number of anilines is 3. The Bertz CT molecular complexity index is 584. The standard InChI is InChI=1S/C14H18N4O/c1-4-11-13(15)16-8-17-14(11)18-10-5-6-12(19-3)9(2)7-10/h5-8H,4H2,1-3H3,(H3,15,16,17,18). The lowest BCUT2D eigenvalue weighted by Gasteiger charge is -2.12. The van der Waals surface area contributed by atoms with Gasteiger partial charge in [0.25, 0.3) is 0 Å². The fourth-order valence-electron chi connectivity index (χ4n) is 1.98. The molecule has 0 spiro atoms. The lowest BCUT2D eigenvalue weighted by atomic mass is 10.2. The van der Waals surface area contributed by atoms with Gasteiger partial charge in [0.05, 0.1) is 7.11 Å². The average molecular weight is 258 g/mol. The van der Waals surface area contributed by atoms with Crippen LogP contribution in [0.5, 0.6) is 5.75 Å². The van der Waals surface area contributed by atoms with Crippen molar-refractivity contribution >= 4 is 17.3 Å². The molecule has 0 aliphatic heterocycles. The van der Waals surface area contributed by atoms with E-state index in [2.05, 4.69) is 15.3 Å². The third kappa shape index (κ3) is 2.76. The number of hydrogen-bond donors (Lipinski definition) is 2. The molecule has 100 valence electrons. The molecule has 1 aromatic carbocycles. The molecule has 1 heterocycles. The molecule has 19 heavy (non-hydrogen) atoms. The molecular formula is C14H18N4O. The molecular weight excluding hydrogens is 240 g/mol. The fraction of sp³-hybridized carbons (Fsp3) is 0.286. The molecule has 2 aromatic rings. The van der Waals surface area contributed by atoms with Crippen molar-refractivity contribution in [2.75, 3.05) is 18.2 Å². The van der Waals surface area contributed by atoms with E-state index in [1.54, 1.807) is 7.11 Å². The van der Waals surface area contributed by atoms with Gasteiger partial charge in [-0.2, -0.15) is 0 Å². The number of nitrogens with one attached hydrogen (secondary N) is 1. The predicted octanol–water partition coefficient (Wildman–Crippen LogP) is 2.68. The number of rotatable bonds is 4. The highest BCUT2D eigenvalue weighted by atomic mass is 16.5. The number of aromatic nitrogens is 2. The molecule has 0 aliphatic carbocycles. The maximum atomic E-state index is 5.85. The Kier molecular flexibility index (Phi) is 3.85. The van der Waals surface area contributed by atoms with Gasteiger partial charge in [-0.1, -0.05) is 6.92 Å². The molecule has 0 saturated heterocycles. The van der Waals surface area contributed by atoms with Crippen LogP contribution in [0, 0.1) is 6.92 Å². The molecule has 0 radical (unpaired) electrons. The van der Waals surface area contributed by atoms with Gasteiger partial charge < -0.3 is 15.8 Å². The second-order valence-electron chi connectivity index (χ2n) is 4.25. The van der Waals surface area contributed by atoms with Gasteiger partial charge in [0.1, 0.15) is 23.7 Å². The van der Waals surface area contributed by atoms with Crippen LogP contribution >= 0.6 is 0 Å². The molecule has 1 aromatic heterocycles. The van der Waals surface area contributed by atoms with Crippen LogP contribution in [0.1, 0.15) is 18.1 Å². The summed E-state index contributed by atoms with van der Waals surface area (Å²) in [6, 6.07) is 5.88. The molecule has 3 N–H and O–H groups in total. The van der Waals surface area contributed by atoms with E-state index in [0.717, 1.165) is 34.8 Å². The largest absolute Gasteiger partial charge is 0.496 e. The van der Waals surface area contributed by atoms with Crippen LogP contribution in [0.3, 0.4) is 0 Å². The number of nitrogen functional groups attached to an aromatic ring is 1. The maximum Gasteiger partial charge on any atom is 0.139 e. The van der Waals surface area contributed by atoms with Crippen LogP contribution in [0.15, 0.2) is 24.5 Å². The minimum atomic E-state index is 0.519. The quantitative estimate of drug-likeness (QED) is 0.882. The second-order valence-corrected chi connectivity index (χ2v) is 4.25. The summed E-state index contributed by atoms with van der Waals surface area (Å²) in [5, 5.41) is 3.27. The first-order chi connectivity index (χ1) is 9.15. The molecule has 0 fully saturated rings. The predicted molar refractivity (Wildman–Crippen MR) is 76.8 cm³/mol. The van der Waals surface area contributed by atoms with Crippen molar-refractivity contribution in [3.05, 3.63) is 35.7 Å². The van der Waals surface area contributed by atoms with Crippen molar-refractivity contribution in [2.45, 2.75) is 20.3 Å². The van der Waals surface area contributed by atoms with E-state index in [0.29, 0.717) is 5.82 Å². The van der Waals surface area contributed by atoms with E-state index in [1.165, 1.54) is 6.33 Å². The number of nitrogens with zero attached hydrogens (tertiary/aromatic N) is 2. The van der Waals surface area contributed by atoms with Crippen LogP contribution in [0.4, 0.5) is 17.3 Å². The van der Waals surface area contributed by atoms with Crippen LogP contribution in [0.25, 0.3) is 0 Å². The van der Waals surface area contributed by atoms with E-state index < -0.39 is 0 Å². The second kappa shape index (κ2) is 5.56. The average Bonchev–Trinajstić information content (AvgIpc) is 2.39. The summed E-state index contributed by atoms with van der Waals surface area (Å²) in [5.74, 6) is 2.13. The Morgan fingerprint density at radius 1 is 1.32 bits per heavy atom. The summed E-state index contributed by atoms with van der Waals surface area (Å²) >= 11 is 0. The summed E-state index contributed by atoms with van der Waals surface area (Å²) in [6.07, 6.45) is 2.25. The monoisotopic (exact) mass is 258 g/mol. The summed E-state index contributed by atoms with van der Waals surface area (Å²) in [7, 11) is 1.66. The van der Waals surface area contributed by atoms with Gasteiger partial charge in [-0.15, -0.1) is 0 Å². The number of aryl methyl sites for hydroxylation is 1. The number of benzene rings is 1. The molecule has 0 bridgehead atoms.